The van der Waals surface area contributed by atoms with Crippen molar-refractivity contribution in [2.24, 2.45) is 0 Å². The van der Waals surface area contributed by atoms with Crippen LogP contribution >= 0.6 is 0 Å². The highest BCUT2D eigenvalue weighted by molar-refractivity contribution is 5.78. The van der Waals surface area contributed by atoms with Crippen LogP contribution in [-0.4, -0.2) is 30.3 Å². The summed E-state index contributed by atoms with van der Waals surface area (Å²) in [6.07, 6.45) is -11.1. The molecule has 2 heterocycles. The molecule has 0 fully saturated rings. The first-order valence-electron chi connectivity index (χ1n) is 4.34. The summed E-state index contributed by atoms with van der Waals surface area (Å²) < 4.78 is 79.8. The van der Waals surface area contributed by atoms with Gasteiger partial charge >= 0.3 is 12.4 Å². The summed E-state index contributed by atoms with van der Waals surface area (Å²) in [7, 11) is 0. The summed E-state index contributed by atoms with van der Waals surface area (Å²) in [6.45, 7) is 0. The molecular weight excluding hydrogens is 254 g/mol. The first-order valence-corrected chi connectivity index (χ1v) is 4.34. The van der Waals surface area contributed by atoms with Gasteiger partial charge in [-0.15, -0.1) is 0 Å². The van der Waals surface area contributed by atoms with E-state index in [0.717, 1.165) is 6.08 Å². The van der Waals surface area contributed by atoms with Gasteiger partial charge in [0.25, 0.3) is 0 Å². The molecule has 0 aromatic rings. The molecular formula is C9H4F6O2. The Bertz CT molecular complexity index is 430. The molecule has 2 aliphatic rings. The number of halogens is 6. The molecule has 0 aromatic heterocycles. The van der Waals surface area contributed by atoms with Crippen LogP contribution in [0.5, 0.6) is 0 Å². The molecule has 2 atom stereocenters. The maximum atomic E-state index is 12.6. The summed E-state index contributed by atoms with van der Waals surface area (Å²) in [6, 6.07) is 0. The Labute approximate surface area is 90.5 Å². The lowest BCUT2D eigenvalue weighted by Gasteiger charge is -2.23. The summed E-state index contributed by atoms with van der Waals surface area (Å²) in [5.41, 5.74) is -6.46. The zero-order chi connectivity index (χ0) is 13.1. The van der Waals surface area contributed by atoms with Crippen molar-refractivity contribution in [3.05, 3.63) is 23.3 Å². The summed E-state index contributed by atoms with van der Waals surface area (Å²) in [5, 5.41) is 0. The molecule has 8 heteroatoms. The Hall–Kier alpha value is -1.31. The molecule has 17 heavy (non-hydrogen) atoms. The van der Waals surface area contributed by atoms with Crippen LogP contribution < -0.4 is 0 Å². The highest BCUT2D eigenvalue weighted by atomic mass is 19.4. The standard InChI is InChI=1S/C9H4F6O2/c10-8(11,12)5-4-1-2-7(3-16,17-4)6(5)9(13,14)15/h1-4H. The molecule has 2 aliphatic heterocycles. The van der Waals surface area contributed by atoms with Crippen LogP contribution in [0.2, 0.25) is 0 Å². The Morgan fingerprint density at radius 3 is 2.18 bits per heavy atom. The fraction of sp³-hybridized carbons (Fsp3) is 0.444. The molecule has 0 amide bonds. The smallest absolute Gasteiger partial charge is 0.347 e. The molecule has 94 valence electrons. The van der Waals surface area contributed by atoms with E-state index in [2.05, 4.69) is 4.74 Å². The maximum absolute atomic E-state index is 12.6. The summed E-state index contributed by atoms with van der Waals surface area (Å²) >= 11 is 0. The van der Waals surface area contributed by atoms with E-state index < -0.39 is 35.2 Å². The highest BCUT2D eigenvalue weighted by Gasteiger charge is 2.64. The average molecular weight is 258 g/mol. The second-order valence-corrected chi connectivity index (χ2v) is 3.59. The molecule has 2 nitrogen and oxygen atoms in total. The molecule has 0 aliphatic carbocycles. The first kappa shape index (κ1) is 12.2. The van der Waals surface area contributed by atoms with Crippen molar-refractivity contribution in [2.75, 3.05) is 0 Å². The highest BCUT2D eigenvalue weighted by Crippen LogP contribution is 2.53. The molecule has 0 radical (unpaired) electrons. The largest absolute Gasteiger partial charge is 0.416 e. The van der Waals surface area contributed by atoms with E-state index >= 15 is 0 Å². The molecule has 0 N–H and O–H groups in total. The van der Waals surface area contributed by atoms with Crippen molar-refractivity contribution in [3.8, 4) is 0 Å². The number of fused-ring (bicyclic) bond motifs is 2. The van der Waals surface area contributed by atoms with Crippen LogP contribution in [0.3, 0.4) is 0 Å². The number of carbonyl (C=O) groups excluding carboxylic acids is 1. The minimum atomic E-state index is -5.27. The zero-order valence-electron chi connectivity index (χ0n) is 7.89. The minimum Gasteiger partial charge on any atom is -0.347 e. The second-order valence-electron chi connectivity index (χ2n) is 3.59. The number of aldehydes is 1. The van der Waals surface area contributed by atoms with Crippen LogP contribution in [0.25, 0.3) is 0 Å². The van der Waals surface area contributed by atoms with E-state index in [1.54, 1.807) is 0 Å². The minimum absolute atomic E-state index is 0.273. The van der Waals surface area contributed by atoms with Gasteiger partial charge in [-0.3, -0.25) is 4.79 Å². The van der Waals surface area contributed by atoms with Crippen LogP contribution in [0.15, 0.2) is 23.3 Å². The Morgan fingerprint density at radius 2 is 1.76 bits per heavy atom. The monoisotopic (exact) mass is 258 g/mol. The van der Waals surface area contributed by atoms with Gasteiger partial charge in [-0.2, -0.15) is 26.3 Å². The van der Waals surface area contributed by atoms with Gasteiger partial charge in [-0.05, 0) is 6.08 Å². The van der Waals surface area contributed by atoms with Crippen molar-refractivity contribution >= 4 is 6.29 Å². The predicted molar refractivity (Wildman–Crippen MR) is 41.9 cm³/mol. The molecule has 2 bridgehead atoms. The SMILES string of the molecule is O=CC12C=CC(O1)C(C(F)(F)F)=C2C(F)(F)F. The fourth-order valence-electron chi connectivity index (χ4n) is 1.97. The van der Waals surface area contributed by atoms with Crippen molar-refractivity contribution in [3.63, 3.8) is 0 Å². The van der Waals surface area contributed by atoms with Crippen LogP contribution in [0.1, 0.15) is 0 Å². The van der Waals surface area contributed by atoms with E-state index in [1.165, 1.54) is 0 Å². The van der Waals surface area contributed by atoms with E-state index in [1.807, 2.05) is 0 Å². The second kappa shape index (κ2) is 3.12. The number of rotatable bonds is 1. The van der Waals surface area contributed by atoms with Crippen LogP contribution in [0, 0.1) is 0 Å². The fourth-order valence-corrected chi connectivity index (χ4v) is 1.97. The van der Waals surface area contributed by atoms with Gasteiger partial charge in [0.05, 0.1) is 11.1 Å². The maximum Gasteiger partial charge on any atom is 0.416 e. The lowest BCUT2D eigenvalue weighted by atomic mass is 9.87. The van der Waals surface area contributed by atoms with Gasteiger partial charge in [0, 0.05) is 0 Å². The normalized spacial score (nSPS) is 32.5. The van der Waals surface area contributed by atoms with Crippen LogP contribution in [0.4, 0.5) is 26.3 Å². The van der Waals surface area contributed by atoms with E-state index in [-0.39, 0.29) is 6.29 Å². The Morgan fingerprint density at radius 1 is 1.18 bits per heavy atom. The lowest BCUT2D eigenvalue weighted by Crippen LogP contribution is -2.37. The van der Waals surface area contributed by atoms with E-state index in [4.69, 9.17) is 0 Å². The van der Waals surface area contributed by atoms with Crippen molar-refractivity contribution in [1.82, 2.24) is 0 Å². The third-order valence-corrected chi connectivity index (χ3v) is 2.55. The van der Waals surface area contributed by atoms with E-state index in [9.17, 15) is 31.1 Å². The number of hydrogen-bond acceptors (Lipinski definition) is 2. The molecule has 0 saturated heterocycles. The molecule has 0 spiro atoms. The van der Waals surface area contributed by atoms with Gasteiger partial charge in [-0.1, -0.05) is 6.08 Å². The quantitative estimate of drug-likeness (QED) is 0.410. The molecule has 0 aromatic carbocycles. The number of alkyl halides is 6. The summed E-state index contributed by atoms with van der Waals surface area (Å²) in [4.78, 5) is 10.6. The topological polar surface area (TPSA) is 26.3 Å². The average Bonchev–Trinajstić information content (AvgIpc) is 2.70. The number of hydrogen-bond donors (Lipinski definition) is 0. The van der Waals surface area contributed by atoms with Crippen molar-refractivity contribution in [2.45, 2.75) is 24.1 Å². The number of carbonyl (C=O) groups is 1. The van der Waals surface area contributed by atoms with Crippen molar-refractivity contribution < 1.29 is 35.9 Å². The van der Waals surface area contributed by atoms with Crippen LogP contribution in [-0.2, 0) is 9.53 Å². The zero-order valence-corrected chi connectivity index (χ0v) is 7.89. The predicted octanol–water partition coefficient (Wildman–Crippen LogP) is 2.31. The Kier molecular flexibility index (Phi) is 2.23. The third kappa shape index (κ3) is 1.58. The van der Waals surface area contributed by atoms with Crippen molar-refractivity contribution in [1.29, 1.82) is 0 Å². The van der Waals surface area contributed by atoms with Gasteiger partial charge in [0.2, 0.25) is 0 Å². The van der Waals surface area contributed by atoms with Gasteiger partial charge in [0.15, 0.2) is 11.9 Å². The third-order valence-electron chi connectivity index (χ3n) is 2.55. The molecule has 0 saturated carbocycles. The first-order chi connectivity index (χ1) is 7.62. The molecule has 2 unspecified atom stereocenters. The van der Waals surface area contributed by atoms with Gasteiger partial charge in [-0.25, -0.2) is 0 Å². The lowest BCUT2D eigenvalue weighted by molar-refractivity contribution is -0.134. The van der Waals surface area contributed by atoms with Gasteiger partial charge < -0.3 is 4.74 Å². The molecule has 2 rings (SSSR count). The van der Waals surface area contributed by atoms with E-state index in [0.29, 0.717) is 6.08 Å². The van der Waals surface area contributed by atoms with Gasteiger partial charge in [0.1, 0.15) is 6.10 Å². The summed E-state index contributed by atoms with van der Waals surface area (Å²) in [5.74, 6) is 0. The number of ether oxygens (including phenoxy) is 1. The Balaban J connectivity index is 2.66.